The molecule has 10 heavy (non-hydrogen) atoms. The molecule has 0 saturated carbocycles. The summed E-state index contributed by atoms with van der Waals surface area (Å²) in [4.78, 5) is 0. The first kappa shape index (κ1) is 7.00. The fourth-order valence-electron chi connectivity index (χ4n) is 0.706. The van der Waals surface area contributed by atoms with Crippen molar-refractivity contribution in [3.63, 3.8) is 0 Å². The molecule has 1 aromatic carbocycles. The summed E-state index contributed by atoms with van der Waals surface area (Å²) >= 11 is 0. The zero-order valence-corrected chi connectivity index (χ0v) is 5.55. The molecule has 0 aliphatic heterocycles. The largest absolute Gasteiger partial charge is 0.246 e. The molecule has 0 spiro atoms. The highest BCUT2D eigenvalue weighted by atomic mass is 19.1. The molecule has 0 saturated heterocycles. The Morgan fingerprint density at radius 2 is 2.00 bits per heavy atom. The topological polar surface area (TPSA) is 0 Å². The molecule has 0 aliphatic carbocycles. The van der Waals surface area contributed by atoms with Crippen LogP contribution in [0.15, 0.2) is 30.3 Å². The lowest BCUT2D eigenvalue weighted by molar-refractivity contribution is 0.554. The van der Waals surface area contributed by atoms with Gasteiger partial charge in [-0.05, 0) is 17.7 Å². The Bertz CT molecular complexity index is 201. The van der Waals surface area contributed by atoms with E-state index in [9.17, 15) is 4.39 Å². The lowest BCUT2D eigenvalue weighted by Crippen LogP contribution is -1.69. The van der Waals surface area contributed by atoms with Gasteiger partial charge in [-0.25, -0.2) is 4.39 Å². The highest BCUT2D eigenvalue weighted by molar-refractivity contribution is 5.46. The van der Waals surface area contributed by atoms with Crippen LogP contribution in [0.3, 0.4) is 0 Å². The van der Waals surface area contributed by atoms with E-state index in [4.69, 9.17) is 0 Å². The van der Waals surface area contributed by atoms with Crippen LogP contribution in [0, 0.1) is 6.08 Å². The second-order valence-electron chi connectivity index (χ2n) is 1.89. The summed E-state index contributed by atoms with van der Waals surface area (Å²) in [6.45, 7) is -0.519. The second-order valence-corrected chi connectivity index (χ2v) is 1.89. The van der Waals surface area contributed by atoms with E-state index in [1.54, 1.807) is 6.08 Å². The van der Waals surface area contributed by atoms with Gasteiger partial charge in [-0.3, -0.25) is 0 Å². The van der Waals surface area contributed by atoms with Crippen molar-refractivity contribution in [2.45, 2.75) is 0 Å². The fourth-order valence-corrected chi connectivity index (χ4v) is 0.706. The summed E-state index contributed by atoms with van der Waals surface area (Å²) in [6, 6.07) is 9.55. The molecule has 0 heterocycles. The summed E-state index contributed by atoms with van der Waals surface area (Å²) in [5, 5.41) is 0. The Balaban J connectivity index is 2.67. The van der Waals surface area contributed by atoms with Crippen LogP contribution in [0.1, 0.15) is 5.56 Å². The van der Waals surface area contributed by atoms with E-state index in [0.717, 1.165) is 5.56 Å². The maximum absolute atomic E-state index is 11.5. The van der Waals surface area contributed by atoms with Gasteiger partial charge in [0.25, 0.3) is 0 Å². The monoisotopic (exact) mass is 135 g/mol. The molecule has 0 aromatic heterocycles. The maximum Gasteiger partial charge on any atom is 0.115 e. The minimum absolute atomic E-state index is 0.519. The van der Waals surface area contributed by atoms with Crippen LogP contribution in [0.2, 0.25) is 0 Å². The first-order valence-corrected chi connectivity index (χ1v) is 3.11. The highest BCUT2D eigenvalue weighted by Crippen LogP contribution is 1.99. The van der Waals surface area contributed by atoms with Crippen molar-refractivity contribution < 1.29 is 4.39 Å². The molecule has 1 rings (SSSR count). The van der Waals surface area contributed by atoms with Gasteiger partial charge in [-0.2, -0.15) is 0 Å². The van der Waals surface area contributed by atoms with E-state index in [-0.39, 0.29) is 0 Å². The lowest BCUT2D eigenvalue weighted by atomic mass is 10.2. The Morgan fingerprint density at radius 1 is 1.30 bits per heavy atom. The Hall–Kier alpha value is -1.11. The SMILES string of the molecule is FC[C]=Cc1ccccc1. The van der Waals surface area contributed by atoms with Crippen LogP contribution in [-0.4, -0.2) is 6.67 Å². The van der Waals surface area contributed by atoms with Gasteiger partial charge >= 0.3 is 0 Å². The van der Waals surface area contributed by atoms with Crippen molar-refractivity contribution in [3.8, 4) is 0 Å². The number of hydrogen-bond acceptors (Lipinski definition) is 0. The third kappa shape index (κ3) is 2.02. The van der Waals surface area contributed by atoms with Crippen molar-refractivity contribution in [2.75, 3.05) is 6.67 Å². The quantitative estimate of drug-likeness (QED) is 0.584. The molecule has 0 amide bonds. The van der Waals surface area contributed by atoms with Crippen LogP contribution in [0.25, 0.3) is 6.08 Å². The molecule has 0 nitrogen and oxygen atoms in total. The molecule has 0 bridgehead atoms. The van der Waals surface area contributed by atoms with Crippen molar-refractivity contribution in [1.29, 1.82) is 0 Å². The van der Waals surface area contributed by atoms with Crippen LogP contribution in [-0.2, 0) is 0 Å². The average molecular weight is 135 g/mol. The third-order valence-electron chi connectivity index (χ3n) is 1.15. The molecule has 51 valence electrons. The Labute approximate surface area is 60.0 Å². The van der Waals surface area contributed by atoms with Gasteiger partial charge in [0.2, 0.25) is 0 Å². The Kier molecular flexibility index (Phi) is 2.68. The molecular formula is C9H8F. The minimum Gasteiger partial charge on any atom is -0.246 e. The minimum atomic E-state index is -0.519. The van der Waals surface area contributed by atoms with E-state index in [1.165, 1.54) is 0 Å². The van der Waals surface area contributed by atoms with E-state index in [2.05, 4.69) is 6.08 Å². The van der Waals surface area contributed by atoms with E-state index in [0.29, 0.717) is 0 Å². The molecule has 1 radical (unpaired) electrons. The van der Waals surface area contributed by atoms with E-state index in [1.807, 2.05) is 30.3 Å². The van der Waals surface area contributed by atoms with Crippen molar-refractivity contribution >= 4 is 6.08 Å². The molecule has 0 atom stereocenters. The number of allylic oxidation sites excluding steroid dienone is 1. The summed E-state index contributed by atoms with van der Waals surface area (Å²) in [7, 11) is 0. The zero-order chi connectivity index (χ0) is 7.23. The first-order chi connectivity index (χ1) is 4.93. The van der Waals surface area contributed by atoms with Gasteiger partial charge in [0.1, 0.15) is 6.67 Å². The lowest BCUT2D eigenvalue weighted by Gasteiger charge is -1.87. The fraction of sp³-hybridized carbons (Fsp3) is 0.111. The summed E-state index contributed by atoms with van der Waals surface area (Å²) < 4.78 is 11.5. The molecular weight excluding hydrogens is 127 g/mol. The van der Waals surface area contributed by atoms with Crippen molar-refractivity contribution in [3.05, 3.63) is 42.0 Å². The number of halogens is 1. The van der Waals surface area contributed by atoms with Crippen LogP contribution < -0.4 is 0 Å². The van der Waals surface area contributed by atoms with Crippen molar-refractivity contribution in [1.82, 2.24) is 0 Å². The maximum atomic E-state index is 11.5. The predicted octanol–water partition coefficient (Wildman–Crippen LogP) is 2.47. The molecule has 0 N–H and O–H groups in total. The van der Waals surface area contributed by atoms with Crippen LogP contribution in [0.4, 0.5) is 4.39 Å². The van der Waals surface area contributed by atoms with Gasteiger partial charge < -0.3 is 0 Å². The number of benzene rings is 1. The summed E-state index contributed by atoms with van der Waals surface area (Å²) in [5.41, 5.74) is 0.986. The normalized spacial score (nSPS) is 10.5. The molecule has 0 aliphatic rings. The van der Waals surface area contributed by atoms with Gasteiger partial charge in [0.15, 0.2) is 0 Å². The molecule has 0 unspecified atom stereocenters. The van der Waals surface area contributed by atoms with E-state index < -0.39 is 6.67 Å². The highest BCUT2D eigenvalue weighted by Gasteiger charge is 1.80. The average Bonchev–Trinajstić information content (AvgIpc) is 2.03. The summed E-state index contributed by atoms with van der Waals surface area (Å²) in [6.07, 6.45) is 4.11. The molecule has 1 heteroatoms. The zero-order valence-electron chi connectivity index (χ0n) is 5.55. The third-order valence-corrected chi connectivity index (χ3v) is 1.15. The number of rotatable bonds is 2. The molecule has 0 fully saturated rings. The second kappa shape index (κ2) is 3.83. The number of alkyl halides is 1. The van der Waals surface area contributed by atoms with Crippen LogP contribution >= 0.6 is 0 Å². The predicted molar refractivity (Wildman–Crippen MR) is 40.1 cm³/mol. The van der Waals surface area contributed by atoms with Crippen LogP contribution in [0.5, 0.6) is 0 Å². The standard InChI is InChI=1S/C9H8F/c10-8-4-7-9-5-2-1-3-6-9/h1-3,5-7H,8H2. The molecule has 1 aromatic rings. The van der Waals surface area contributed by atoms with Gasteiger partial charge in [-0.15, -0.1) is 0 Å². The Morgan fingerprint density at radius 3 is 2.60 bits per heavy atom. The number of hydrogen-bond donors (Lipinski definition) is 0. The van der Waals surface area contributed by atoms with Crippen molar-refractivity contribution in [2.24, 2.45) is 0 Å². The van der Waals surface area contributed by atoms with Gasteiger partial charge in [-0.1, -0.05) is 30.3 Å². The summed E-state index contributed by atoms with van der Waals surface area (Å²) in [5.74, 6) is 0. The first-order valence-electron chi connectivity index (χ1n) is 3.11. The smallest absolute Gasteiger partial charge is 0.115 e. The van der Waals surface area contributed by atoms with Gasteiger partial charge in [0.05, 0.1) is 0 Å². The van der Waals surface area contributed by atoms with E-state index >= 15 is 0 Å². The van der Waals surface area contributed by atoms with Gasteiger partial charge in [0, 0.05) is 0 Å².